The van der Waals surface area contributed by atoms with Crippen molar-refractivity contribution in [3.63, 3.8) is 0 Å². The number of thiophene rings is 1. The molecule has 0 saturated carbocycles. The SMILES string of the molecule is O=C(c1cc2c(s1)CCCC2)N1CCN(S(=O)(=O)c2ccccc2[N+](=O)[O-])CC1. The lowest BCUT2D eigenvalue weighted by Gasteiger charge is -2.33. The van der Waals surface area contributed by atoms with Crippen molar-refractivity contribution in [3.8, 4) is 0 Å². The maximum atomic E-state index is 12.9. The van der Waals surface area contributed by atoms with Crippen LogP contribution in [0, 0.1) is 10.1 Å². The number of sulfonamides is 1. The number of rotatable bonds is 4. The Hall–Kier alpha value is -2.30. The lowest BCUT2D eigenvalue weighted by Crippen LogP contribution is -2.50. The standard InChI is InChI=1S/C19H21N3O5S2/c23-19(17-13-14-5-1-3-7-16(14)28-17)20-9-11-21(12-10-20)29(26,27)18-8-4-2-6-15(18)22(24)25/h2,4,6,8,13H,1,3,5,7,9-12H2. The van der Waals surface area contributed by atoms with Gasteiger partial charge in [0, 0.05) is 37.1 Å². The van der Waals surface area contributed by atoms with Crippen LogP contribution in [-0.2, 0) is 22.9 Å². The molecule has 0 atom stereocenters. The molecule has 8 nitrogen and oxygen atoms in total. The summed E-state index contributed by atoms with van der Waals surface area (Å²) in [5, 5.41) is 11.2. The Balaban J connectivity index is 1.47. The number of carbonyl (C=O) groups is 1. The number of aryl methyl sites for hydroxylation is 2. The number of piperazine rings is 1. The predicted molar refractivity (Wildman–Crippen MR) is 109 cm³/mol. The van der Waals surface area contributed by atoms with Gasteiger partial charge in [-0.1, -0.05) is 12.1 Å². The molecule has 0 radical (unpaired) electrons. The van der Waals surface area contributed by atoms with Gasteiger partial charge in [-0.3, -0.25) is 14.9 Å². The smallest absolute Gasteiger partial charge is 0.289 e. The van der Waals surface area contributed by atoms with E-state index in [1.165, 1.54) is 39.0 Å². The molecule has 1 aliphatic carbocycles. The molecule has 29 heavy (non-hydrogen) atoms. The van der Waals surface area contributed by atoms with Crippen LogP contribution in [0.4, 0.5) is 5.69 Å². The number of amides is 1. The van der Waals surface area contributed by atoms with Gasteiger partial charge in [-0.2, -0.15) is 4.31 Å². The van der Waals surface area contributed by atoms with Crippen molar-refractivity contribution in [3.05, 3.63) is 55.8 Å². The molecule has 2 aromatic rings. The minimum Gasteiger partial charge on any atom is -0.335 e. The Morgan fingerprint density at radius 2 is 1.76 bits per heavy atom. The van der Waals surface area contributed by atoms with Gasteiger partial charge < -0.3 is 4.90 Å². The Morgan fingerprint density at radius 3 is 2.45 bits per heavy atom. The van der Waals surface area contributed by atoms with Crippen LogP contribution < -0.4 is 0 Å². The third kappa shape index (κ3) is 3.79. The zero-order chi connectivity index (χ0) is 20.6. The van der Waals surface area contributed by atoms with Crippen LogP contribution in [0.3, 0.4) is 0 Å². The Morgan fingerprint density at radius 1 is 1.07 bits per heavy atom. The Bertz CT molecular complexity index is 1030. The van der Waals surface area contributed by atoms with Gasteiger partial charge in [-0.05, 0) is 43.4 Å². The number of nitro benzene ring substituents is 1. The number of para-hydroxylation sites is 1. The molecule has 2 heterocycles. The fourth-order valence-corrected chi connectivity index (χ4v) is 6.65. The normalized spacial score (nSPS) is 17.7. The summed E-state index contributed by atoms with van der Waals surface area (Å²) in [6.07, 6.45) is 4.35. The van der Waals surface area contributed by atoms with Crippen molar-refractivity contribution in [2.75, 3.05) is 26.2 Å². The van der Waals surface area contributed by atoms with Crippen LogP contribution >= 0.6 is 11.3 Å². The first-order valence-electron chi connectivity index (χ1n) is 9.52. The van der Waals surface area contributed by atoms with Crippen molar-refractivity contribution >= 4 is 33.0 Å². The molecule has 0 spiro atoms. The van der Waals surface area contributed by atoms with Crippen LogP contribution in [0.25, 0.3) is 0 Å². The third-order valence-electron chi connectivity index (χ3n) is 5.41. The average Bonchev–Trinajstić information content (AvgIpc) is 3.17. The molecule has 2 aliphatic rings. The zero-order valence-electron chi connectivity index (χ0n) is 15.7. The molecule has 1 aliphatic heterocycles. The van der Waals surface area contributed by atoms with Gasteiger partial charge in [0.05, 0.1) is 9.80 Å². The number of benzene rings is 1. The molecule has 1 fully saturated rings. The summed E-state index contributed by atoms with van der Waals surface area (Å²) < 4.78 is 27.0. The average molecular weight is 436 g/mol. The van der Waals surface area contributed by atoms with E-state index in [0.29, 0.717) is 4.88 Å². The number of fused-ring (bicyclic) bond motifs is 1. The van der Waals surface area contributed by atoms with Crippen LogP contribution in [-0.4, -0.2) is 54.6 Å². The van der Waals surface area contributed by atoms with Crippen molar-refractivity contribution in [2.24, 2.45) is 0 Å². The second kappa shape index (κ2) is 7.85. The minimum absolute atomic E-state index is 0.0628. The van der Waals surface area contributed by atoms with Crippen molar-refractivity contribution in [1.29, 1.82) is 0 Å². The molecule has 1 amide bonds. The van der Waals surface area contributed by atoms with Gasteiger partial charge in [0.15, 0.2) is 4.90 Å². The van der Waals surface area contributed by atoms with E-state index in [4.69, 9.17) is 0 Å². The molecule has 1 aromatic heterocycles. The van der Waals surface area contributed by atoms with Crippen molar-refractivity contribution < 1.29 is 18.1 Å². The molecule has 0 unspecified atom stereocenters. The first-order valence-corrected chi connectivity index (χ1v) is 11.8. The van der Waals surface area contributed by atoms with E-state index in [1.54, 1.807) is 16.2 Å². The van der Waals surface area contributed by atoms with Gasteiger partial charge in [0.25, 0.3) is 11.6 Å². The highest BCUT2D eigenvalue weighted by Gasteiger charge is 2.35. The fourth-order valence-electron chi connectivity index (χ4n) is 3.85. The van der Waals surface area contributed by atoms with E-state index >= 15 is 0 Å². The summed E-state index contributed by atoms with van der Waals surface area (Å²) in [6.45, 7) is 0.763. The van der Waals surface area contributed by atoms with Crippen molar-refractivity contribution in [2.45, 2.75) is 30.6 Å². The highest BCUT2D eigenvalue weighted by Crippen LogP contribution is 2.31. The molecule has 0 bridgehead atoms. The number of carbonyl (C=O) groups excluding carboxylic acids is 1. The largest absolute Gasteiger partial charge is 0.335 e. The van der Waals surface area contributed by atoms with E-state index in [0.717, 1.165) is 25.7 Å². The summed E-state index contributed by atoms with van der Waals surface area (Å²) in [5.74, 6) is -0.0628. The number of nitrogens with zero attached hydrogens (tertiary/aromatic N) is 3. The summed E-state index contributed by atoms with van der Waals surface area (Å²) >= 11 is 1.55. The monoisotopic (exact) mass is 435 g/mol. The highest BCUT2D eigenvalue weighted by molar-refractivity contribution is 7.89. The van der Waals surface area contributed by atoms with Gasteiger partial charge in [-0.15, -0.1) is 11.3 Å². The van der Waals surface area contributed by atoms with E-state index in [9.17, 15) is 23.3 Å². The molecule has 10 heteroatoms. The summed E-state index contributed by atoms with van der Waals surface area (Å²) in [7, 11) is -4.00. The second-order valence-electron chi connectivity index (χ2n) is 7.19. The third-order valence-corrected chi connectivity index (χ3v) is 8.58. The highest BCUT2D eigenvalue weighted by atomic mass is 32.2. The first-order chi connectivity index (χ1) is 13.9. The minimum atomic E-state index is -4.00. The Labute approximate surface area is 172 Å². The maximum absolute atomic E-state index is 12.9. The summed E-state index contributed by atoms with van der Waals surface area (Å²) in [6, 6.07) is 7.33. The maximum Gasteiger partial charge on any atom is 0.289 e. The predicted octanol–water partition coefficient (Wildman–Crippen LogP) is 2.68. The topological polar surface area (TPSA) is 101 Å². The summed E-state index contributed by atoms with van der Waals surface area (Å²) in [4.78, 5) is 26.7. The molecule has 0 N–H and O–H groups in total. The molecular formula is C19H21N3O5S2. The zero-order valence-corrected chi connectivity index (χ0v) is 17.4. The first kappa shape index (κ1) is 20.0. The van der Waals surface area contributed by atoms with Crippen LogP contribution in [0.5, 0.6) is 0 Å². The number of hydrogen-bond donors (Lipinski definition) is 0. The van der Waals surface area contributed by atoms with E-state index < -0.39 is 20.6 Å². The molecule has 4 rings (SSSR count). The fraction of sp³-hybridized carbons (Fsp3) is 0.421. The number of nitro groups is 1. The molecular weight excluding hydrogens is 414 g/mol. The lowest BCUT2D eigenvalue weighted by molar-refractivity contribution is -0.387. The van der Waals surface area contributed by atoms with Crippen molar-refractivity contribution in [1.82, 2.24) is 9.21 Å². The van der Waals surface area contributed by atoms with Crippen LogP contribution in [0.2, 0.25) is 0 Å². The quantitative estimate of drug-likeness (QED) is 0.543. The van der Waals surface area contributed by atoms with Gasteiger partial charge in [0.2, 0.25) is 10.0 Å². The Kier molecular flexibility index (Phi) is 5.41. The molecule has 1 saturated heterocycles. The van der Waals surface area contributed by atoms with Crippen LogP contribution in [0.1, 0.15) is 33.0 Å². The summed E-state index contributed by atoms with van der Waals surface area (Å²) in [5.41, 5.74) is 0.831. The van der Waals surface area contributed by atoms with E-state index in [1.807, 2.05) is 6.07 Å². The van der Waals surface area contributed by atoms with E-state index in [-0.39, 0.29) is 37.0 Å². The van der Waals surface area contributed by atoms with Crippen LogP contribution in [0.15, 0.2) is 35.2 Å². The van der Waals surface area contributed by atoms with Gasteiger partial charge in [-0.25, -0.2) is 8.42 Å². The van der Waals surface area contributed by atoms with E-state index in [2.05, 4.69) is 0 Å². The lowest BCUT2D eigenvalue weighted by atomic mass is 9.99. The van der Waals surface area contributed by atoms with Gasteiger partial charge >= 0.3 is 0 Å². The second-order valence-corrected chi connectivity index (χ2v) is 10.2. The number of hydrogen-bond acceptors (Lipinski definition) is 6. The molecule has 1 aromatic carbocycles. The molecule has 154 valence electrons. The van der Waals surface area contributed by atoms with Gasteiger partial charge in [0.1, 0.15) is 0 Å².